The molecule has 1 aromatic heterocycles. The molecule has 0 bridgehead atoms. The molecule has 9 heteroatoms. The lowest BCUT2D eigenvalue weighted by atomic mass is 10.1. The fourth-order valence-corrected chi connectivity index (χ4v) is 4.59. The molecular formula is C24H24ClFN4O2S. The van der Waals surface area contributed by atoms with E-state index in [2.05, 4.69) is 22.1 Å². The predicted molar refractivity (Wildman–Crippen MR) is 128 cm³/mol. The molecule has 3 aromatic rings. The summed E-state index contributed by atoms with van der Waals surface area (Å²) in [7, 11) is 0. The van der Waals surface area contributed by atoms with Gasteiger partial charge in [0.25, 0.3) is 0 Å². The third kappa shape index (κ3) is 5.12. The molecule has 1 amide bonds. The third-order valence-electron chi connectivity index (χ3n) is 5.18. The van der Waals surface area contributed by atoms with Crippen molar-refractivity contribution in [1.29, 1.82) is 0 Å². The molecule has 0 saturated heterocycles. The monoisotopic (exact) mass is 486 g/mol. The van der Waals surface area contributed by atoms with Gasteiger partial charge in [-0.2, -0.15) is 4.98 Å². The van der Waals surface area contributed by atoms with Crippen molar-refractivity contribution in [2.45, 2.75) is 50.9 Å². The van der Waals surface area contributed by atoms with Gasteiger partial charge in [0.2, 0.25) is 23.2 Å². The summed E-state index contributed by atoms with van der Waals surface area (Å²) < 4.78 is 20.0. The number of ether oxygens (including phenoxy) is 1. The Hall–Kier alpha value is -2.71. The van der Waals surface area contributed by atoms with E-state index in [1.54, 1.807) is 35.2 Å². The van der Waals surface area contributed by atoms with E-state index < -0.39 is 6.23 Å². The number of halogens is 2. The molecule has 1 aliphatic rings. The van der Waals surface area contributed by atoms with Gasteiger partial charge < -0.3 is 4.74 Å². The molecule has 0 fully saturated rings. The second-order valence-electron chi connectivity index (χ2n) is 7.65. The van der Waals surface area contributed by atoms with Crippen LogP contribution in [0.5, 0.6) is 5.88 Å². The van der Waals surface area contributed by atoms with Crippen LogP contribution in [0.2, 0.25) is 5.02 Å². The van der Waals surface area contributed by atoms with Gasteiger partial charge in [0.05, 0.1) is 5.69 Å². The molecule has 4 rings (SSSR count). The SMILES string of the molecule is CCCCSc1nnc2c(n1)O[C@H](c1ccc(F)cc1)N(C(=O)CCC)c1ccc(Cl)cc1-2. The minimum Gasteiger partial charge on any atom is -0.447 e. The molecule has 33 heavy (non-hydrogen) atoms. The topological polar surface area (TPSA) is 68.2 Å². The predicted octanol–water partition coefficient (Wildman–Crippen LogP) is 6.45. The van der Waals surface area contributed by atoms with Crippen LogP contribution in [0.1, 0.15) is 51.3 Å². The molecule has 1 aliphatic heterocycles. The number of fused-ring (bicyclic) bond motifs is 3. The van der Waals surface area contributed by atoms with E-state index in [-0.39, 0.29) is 17.6 Å². The molecule has 0 spiro atoms. The highest BCUT2D eigenvalue weighted by atomic mass is 35.5. The molecule has 0 saturated carbocycles. The zero-order valence-electron chi connectivity index (χ0n) is 18.4. The molecule has 1 atom stereocenters. The van der Waals surface area contributed by atoms with Gasteiger partial charge >= 0.3 is 0 Å². The van der Waals surface area contributed by atoms with Crippen molar-refractivity contribution in [3.8, 4) is 17.1 Å². The first-order valence-electron chi connectivity index (χ1n) is 10.9. The van der Waals surface area contributed by atoms with Crippen LogP contribution >= 0.6 is 23.4 Å². The second-order valence-corrected chi connectivity index (χ2v) is 9.15. The Morgan fingerprint density at radius 3 is 2.67 bits per heavy atom. The highest BCUT2D eigenvalue weighted by molar-refractivity contribution is 7.99. The maximum Gasteiger partial charge on any atom is 0.247 e. The molecule has 0 aliphatic carbocycles. The van der Waals surface area contributed by atoms with E-state index in [0.717, 1.165) is 18.6 Å². The number of anilines is 1. The van der Waals surface area contributed by atoms with E-state index in [4.69, 9.17) is 16.3 Å². The van der Waals surface area contributed by atoms with Crippen LogP contribution in [0.3, 0.4) is 0 Å². The van der Waals surface area contributed by atoms with E-state index in [0.29, 0.717) is 45.5 Å². The number of carbonyl (C=O) groups excluding carboxylic acids is 1. The third-order valence-corrected chi connectivity index (χ3v) is 6.34. The molecule has 0 N–H and O–H groups in total. The fourth-order valence-electron chi connectivity index (χ4n) is 3.55. The smallest absolute Gasteiger partial charge is 0.247 e. The Kier molecular flexibility index (Phi) is 7.45. The maximum atomic E-state index is 13.7. The van der Waals surface area contributed by atoms with Crippen molar-refractivity contribution in [2.75, 3.05) is 10.7 Å². The van der Waals surface area contributed by atoms with Gasteiger partial charge in [0.1, 0.15) is 5.82 Å². The van der Waals surface area contributed by atoms with Gasteiger partial charge in [-0.15, -0.1) is 10.2 Å². The number of thioether (sulfide) groups is 1. The molecule has 0 unspecified atom stereocenters. The quantitative estimate of drug-likeness (QED) is 0.282. The molecule has 2 heterocycles. The zero-order chi connectivity index (χ0) is 23.4. The number of benzene rings is 2. The Morgan fingerprint density at radius 2 is 1.94 bits per heavy atom. The van der Waals surface area contributed by atoms with Gasteiger partial charge in [-0.25, -0.2) is 4.39 Å². The van der Waals surface area contributed by atoms with Gasteiger partial charge in [-0.3, -0.25) is 9.69 Å². The highest BCUT2D eigenvalue weighted by Gasteiger charge is 2.35. The Morgan fingerprint density at radius 1 is 1.15 bits per heavy atom. The number of carbonyl (C=O) groups is 1. The lowest BCUT2D eigenvalue weighted by Gasteiger charge is -2.31. The van der Waals surface area contributed by atoms with Gasteiger partial charge in [0, 0.05) is 28.3 Å². The minimum atomic E-state index is -0.851. The van der Waals surface area contributed by atoms with Crippen LogP contribution in [0.15, 0.2) is 47.6 Å². The van der Waals surface area contributed by atoms with E-state index in [1.165, 1.54) is 23.9 Å². The van der Waals surface area contributed by atoms with E-state index >= 15 is 0 Å². The summed E-state index contributed by atoms with van der Waals surface area (Å²) in [4.78, 5) is 19.5. The first-order valence-corrected chi connectivity index (χ1v) is 12.3. The first kappa shape index (κ1) is 23.4. The van der Waals surface area contributed by atoms with Gasteiger partial charge in [-0.05, 0) is 43.2 Å². The van der Waals surface area contributed by atoms with Crippen LogP contribution in [0, 0.1) is 5.82 Å². The summed E-state index contributed by atoms with van der Waals surface area (Å²) in [6.45, 7) is 4.06. The summed E-state index contributed by atoms with van der Waals surface area (Å²) in [5.41, 5.74) is 2.23. The van der Waals surface area contributed by atoms with Crippen LogP contribution in [0.4, 0.5) is 10.1 Å². The Bertz CT molecular complexity index is 1150. The number of nitrogens with zero attached hydrogens (tertiary/aromatic N) is 4. The Labute approximate surface area is 201 Å². The summed E-state index contributed by atoms with van der Waals surface area (Å²) in [6, 6.07) is 11.1. The van der Waals surface area contributed by atoms with Crippen molar-refractivity contribution < 1.29 is 13.9 Å². The maximum absolute atomic E-state index is 13.7. The van der Waals surface area contributed by atoms with E-state index in [1.807, 2.05) is 6.92 Å². The normalized spacial score (nSPS) is 14.8. The number of aromatic nitrogens is 3. The van der Waals surface area contributed by atoms with Crippen LogP contribution in [-0.4, -0.2) is 26.8 Å². The summed E-state index contributed by atoms with van der Waals surface area (Å²) in [5.74, 6) is 0.620. The number of amides is 1. The average molecular weight is 487 g/mol. The Balaban J connectivity index is 1.88. The lowest BCUT2D eigenvalue weighted by molar-refractivity contribution is -0.120. The minimum absolute atomic E-state index is 0.131. The first-order chi connectivity index (χ1) is 16.0. The second kappa shape index (κ2) is 10.5. The number of hydrogen-bond donors (Lipinski definition) is 0. The van der Waals surface area contributed by atoms with Gasteiger partial charge in [-0.1, -0.05) is 55.8 Å². The summed E-state index contributed by atoms with van der Waals surface area (Å²) in [6.07, 6.45) is 2.22. The van der Waals surface area contributed by atoms with Crippen LogP contribution in [-0.2, 0) is 4.79 Å². The van der Waals surface area contributed by atoms with Gasteiger partial charge in [0.15, 0.2) is 5.69 Å². The van der Waals surface area contributed by atoms with Crippen LogP contribution in [0.25, 0.3) is 11.3 Å². The summed E-state index contributed by atoms with van der Waals surface area (Å²) >= 11 is 7.82. The highest BCUT2D eigenvalue weighted by Crippen LogP contribution is 2.44. The van der Waals surface area contributed by atoms with E-state index in [9.17, 15) is 9.18 Å². The molecule has 6 nitrogen and oxygen atoms in total. The number of hydrogen-bond acceptors (Lipinski definition) is 6. The zero-order valence-corrected chi connectivity index (χ0v) is 20.0. The van der Waals surface area contributed by atoms with Crippen molar-refractivity contribution in [2.24, 2.45) is 0 Å². The molecule has 0 radical (unpaired) electrons. The van der Waals surface area contributed by atoms with Crippen LogP contribution < -0.4 is 9.64 Å². The number of rotatable bonds is 7. The standard InChI is InChI=1S/C24H24ClFN4O2S/c1-3-5-13-33-24-27-22-21(28-29-24)18-14-16(25)9-12-19(18)30(20(31)6-4-2)23(32-22)15-7-10-17(26)11-8-15/h7-12,14,23H,3-6,13H2,1-2H3/t23-/m1/s1. The van der Waals surface area contributed by atoms with Crippen molar-refractivity contribution in [3.05, 3.63) is 58.9 Å². The molecule has 2 aromatic carbocycles. The van der Waals surface area contributed by atoms with Crippen molar-refractivity contribution in [1.82, 2.24) is 15.2 Å². The largest absolute Gasteiger partial charge is 0.447 e. The fraction of sp³-hybridized carbons (Fsp3) is 0.333. The molecular weight excluding hydrogens is 463 g/mol. The van der Waals surface area contributed by atoms with Crippen molar-refractivity contribution in [3.63, 3.8) is 0 Å². The lowest BCUT2D eigenvalue weighted by Crippen LogP contribution is -2.37. The average Bonchev–Trinajstić information content (AvgIpc) is 2.94. The molecule has 172 valence electrons. The van der Waals surface area contributed by atoms with Crippen molar-refractivity contribution >= 4 is 35.0 Å². The summed E-state index contributed by atoms with van der Waals surface area (Å²) in [5, 5.41) is 9.67. The number of unbranched alkanes of at least 4 members (excludes halogenated alkanes) is 1.